The topological polar surface area (TPSA) is 45.2 Å². The maximum atomic E-state index is 11.8. The molecule has 1 fully saturated rings. The van der Waals surface area contributed by atoms with Crippen molar-refractivity contribution < 1.29 is 4.79 Å². The second-order valence-electron chi connectivity index (χ2n) is 5.17. The molecule has 0 saturated carbocycles. The summed E-state index contributed by atoms with van der Waals surface area (Å²) in [5.41, 5.74) is 0.634. The van der Waals surface area contributed by atoms with Crippen LogP contribution in [0.5, 0.6) is 0 Å². The van der Waals surface area contributed by atoms with Crippen molar-refractivity contribution in [2.75, 3.05) is 23.7 Å². The molecule has 2 heterocycles. The summed E-state index contributed by atoms with van der Waals surface area (Å²) in [5, 5.41) is 3.48. The van der Waals surface area contributed by atoms with Gasteiger partial charge in [0.25, 0.3) is 5.91 Å². The number of nitrogens with one attached hydrogen (secondary N) is 1. The molecule has 0 aromatic carbocycles. The molecule has 4 nitrogen and oxygen atoms in total. The maximum absolute atomic E-state index is 11.8. The molecule has 1 aliphatic heterocycles. The van der Waals surface area contributed by atoms with Crippen molar-refractivity contribution in [1.82, 2.24) is 10.3 Å². The summed E-state index contributed by atoms with van der Waals surface area (Å²) in [4.78, 5) is 18.6. The zero-order valence-corrected chi connectivity index (χ0v) is 13.2. The smallest absolute Gasteiger partial charge is 0.252 e. The van der Waals surface area contributed by atoms with Crippen LogP contribution in [-0.2, 0) is 0 Å². The van der Waals surface area contributed by atoms with Crippen LogP contribution in [0.25, 0.3) is 0 Å². The van der Waals surface area contributed by atoms with Crippen LogP contribution < -0.4 is 10.2 Å². The van der Waals surface area contributed by atoms with Gasteiger partial charge in [0.1, 0.15) is 5.82 Å². The van der Waals surface area contributed by atoms with E-state index < -0.39 is 0 Å². The zero-order valence-electron chi connectivity index (χ0n) is 12.4. The van der Waals surface area contributed by atoms with Crippen molar-refractivity contribution in [2.45, 2.75) is 38.5 Å². The first-order chi connectivity index (χ1) is 9.63. The van der Waals surface area contributed by atoms with E-state index in [9.17, 15) is 4.79 Å². The number of thioether (sulfide) groups is 1. The summed E-state index contributed by atoms with van der Waals surface area (Å²) >= 11 is 2.01. The van der Waals surface area contributed by atoms with Crippen LogP contribution in [0.1, 0.15) is 37.6 Å². The lowest BCUT2D eigenvalue weighted by atomic mass is 10.2. The van der Waals surface area contributed by atoms with E-state index in [1.54, 1.807) is 6.20 Å². The van der Waals surface area contributed by atoms with Crippen molar-refractivity contribution in [3.63, 3.8) is 0 Å². The second-order valence-corrected chi connectivity index (χ2v) is 6.66. The van der Waals surface area contributed by atoms with E-state index in [2.05, 4.69) is 29.0 Å². The normalized spacial score (nSPS) is 22.6. The molecule has 1 aliphatic rings. The molecule has 0 radical (unpaired) electrons. The SMILES string of the molecule is CCCNC(=O)c1ccc(N2CCSC(C)C2C)nc1. The first-order valence-electron chi connectivity index (χ1n) is 7.26. The predicted octanol–water partition coefficient (Wildman–Crippen LogP) is 2.55. The molecule has 1 aromatic rings. The number of aromatic nitrogens is 1. The zero-order chi connectivity index (χ0) is 14.5. The Bertz CT molecular complexity index is 449. The van der Waals surface area contributed by atoms with Gasteiger partial charge in [-0.1, -0.05) is 13.8 Å². The summed E-state index contributed by atoms with van der Waals surface area (Å²) in [5.74, 6) is 2.06. The fraction of sp³-hybridized carbons (Fsp3) is 0.600. The van der Waals surface area contributed by atoms with Gasteiger partial charge in [-0.2, -0.15) is 11.8 Å². The van der Waals surface area contributed by atoms with Crippen molar-refractivity contribution in [2.24, 2.45) is 0 Å². The van der Waals surface area contributed by atoms with Crippen LogP contribution in [0.3, 0.4) is 0 Å². The van der Waals surface area contributed by atoms with E-state index in [4.69, 9.17) is 0 Å². The first kappa shape index (κ1) is 15.2. The number of amides is 1. The molecule has 110 valence electrons. The Morgan fingerprint density at radius 2 is 2.30 bits per heavy atom. The fourth-order valence-corrected chi connectivity index (χ4v) is 3.39. The molecule has 2 unspecified atom stereocenters. The molecule has 0 bridgehead atoms. The highest BCUT2D eigenvalue weighted by Crippen LogP contribution is 2.27. The maximum Gasteiger partial charge on any atom is 0.252 e. The average molecular weight is 293 g/mol. The van der Waals surface area contributed by atoms with Crippen LogP contribution >= 0.6 is 11.8 Å². The van der Waals surface area contributed by atoms with Gasteiger partial charge in [0.15, 0.2) is 0 Å². The quantitative estimate of drug-likeness (QED) is 0.926. The summed E-state index contributed by atoms with van der Waals surface area (Å²) in [6.45, 7) is 8.26. The van der Waals surface area contributed by atoms with E-state index >= 15 is 0 Å². The number of hydrogen-bond donors (Lipinski definition) is 1. The van der Waals surface area contributed by atoms with E-state index in [0.29, 0.717) is 23.4 Å². The monoisotopic (exact) mass is 293 g/mol. The Balaban J connectivity index is 2.06. The molecule has 0 aliphatic carbocycles. The standard InChI is InChI=1S/C15H23N3OS/c1-4-7-16-15(19)13-5-6-14(17-10-13)18-8-9-20-12(3)11(18)2/h5-6,10-12H,4,7-9H2,1-3H3,(H,16,19). The van der Waals surface area contributed by atoms with Gasteiger partial charge in [0, 0.05) is 36.3 Å². The van der Waals surface area contributed by atoms with Crippen molar-refractivity contribution in [3.8, 4) is 0 Å². The van der Waals surface area contributed by atoms with Gasteiger partial charge in [-0.25, -0.2) is 4.98 Å². The Hall–Kier alpha value is -1.23. The van der Waals surface area contributed by atoms with E-state index in [0.717, 1.165) is 24.5 Å². The molecule has 1 amide bonds. The lowest BCUT2D eigenvalue weighted by Gasteiger charge is -2.38. The molecule has 1 aromatic heterocycles. The van der Waals surface area contributed by atoms with Gasteiger partial charge in [-0.15, -0.1) is 0 Å². The van der Waals surface area contributed by atoms with Gasteiger partial charge in [-0.3, -0.25) is 4.79 Å². The van der Waals surface area contributed by atoms with Crippen LogP contribution in [0, 0.1) is 0 Å². The predicted molar refractivity (Wildman–Crippen MR) is 85.6 cm³/mol. The third-order valence-corrected chi connectivity index (χ3v) is 5.06. The Labute approximate surface area is 125 Å². The molecule has 5 heteroatoms. The highest BCUT2D eigenvalue weighted by Gasteiger charge is 2.26. The molecule has 2 atom stereocenters. The van der Waals surface area contributed by atoms with Crippen LogP contribution in [0.4, 0.5) is 5.82 Å². The van der Waals surface area contributed by atoms with Crippen LogP contribution in [-0.4, -0.2) is 41.0 Å². The minimum Gasteiger partial charge on any atom is -0.352 e. The minimum atomic E-state index is -0.0403. The molecule has 1 N–H and O–H groups in total. The fourth-order valence-electron chi connectivity index (χ4n) is 2.29. The summed E-state index contributed by atoms with van der Waals surface area (Å²) in [6, 6.07) is 4.30. The number of carbonyl (C=O) groups excluding carboxylic acids is 1. The van der Waals surface area contributed by atoms with E-state index in [-0.39, 0.29) is 5.91 Å². The van der Waals surface area contributed by atoms with Gasteiger partial charge >= 0.3 is 0 Å². The van der Waals surface area contributed by atoms with Gasteiger partial charge in [-0.05, 0) is 25.5 Å². The summed E-state index contributed by atoms with van der Waals surface area (Å²) < 4.78 is 0. The van der Waals surface area contributed by atoms with Gasteiger partial charge in [0.2, 0.25) is 0 Å². The minimum absolute atomic E-state index is 0.0403. The lowest BCUT2D eigenvalue weighted by molar-refractivity contribution is 0.0953. The molecule has 20 heavy (non-hydrogen) atoms. The molecular weight excluding hydrogens is 270 g/mol. The number of carbonyl (C=O) groups is 1. The number of anilines is 1. The van der Waals surface area contributed by atoms with Crippen molar-refractivity contribution >= 4 is 23.5 Å². The number of nitrogens with zero attached hydrogens (tertiary/aromatic N) is 2. The summed E-state index contributed by atoms with van der Waals surface area (Å²) in [6.07, 6.45) is 2.62. The number of pyridine rings is 1. The summed E-state index contributed by atoms with van der Waals surface area (Å²) in [7, 11) is 0. The van der Waals surface area contributed by atoms with Crippen LogP contribution in [0.15, 0.2) is 18.3 Å². The molecule has 1 saturated heterocycles. The largest absolute Gasteiger partial charge is 0.352 e. The highest BCUT2D eigenvalue weighted by atomic mass is 32.2. The second kappa shape index (κ2) is 6.97. The lowest BCUT2D eigenvalue weighted by Crippen LogP contribution is -2.45. The number of hydrogen-bond acceptors (Lipinski definition) is 4. The highest BCUT2D eigenvalue weighted by molar-refractivity contribution is 8.00. The van der Waals surface area contributed by atoms with E-state index in [1.165, 1.54) is 0 Å². The third kappa shape index (κ3) is 3.45. The molecular formula is C15H23N3OS. The van der Waals surface area contributed by atoms with Crippen LogP contribution in [0.2, 0.25) is 0 Å². The molecule has 2 rings (SSSR count). The van der Waals surface area contributed by atoms with Gasteiger partial charge in [0.05, 0.1) is 5.56 Å². The van der Waals surface area contributed by atoms with E-state index in [1.807, 2.05) is 30.8 Å². The Kier molecular flexibility index (Phi) is 5.29. The Morgan fingerprint density at radius 1 is 1.50 bits per heavy atom. The van der Waals surface area contributed by atoms with Gasteiger partial charge < -0.3 is 10.2 Å². The molecule has 0 spiro atoms. The third-order valence-electron chi connectivity index (χ3n) is 3.72. The van der Waals surface area contributed by atoms with Crippen molar-refractivity contribution in [3.05, 3.63) is 23.9 Å². The Morgan fingerprint density at radius 3 is 2.95 bits per heavy atom. The average Bonchev–Trinajstić information content (AvgIpc) is 2.48. The number of rotatable bonds is 4. The first-order valence-corrected chi connectivity index (χ1v) is 8.31. The van der Waals surface area contributed by atoms with Crippen molar-refractivity contribution in [1.29, 1.82) is 0 Å².